The van der Waals surface area contributed by atoms with E-state index in [9.17, 15) is 0 Å². The molecule has 0 bridgehead atoms. The van der Waals surface area contributed by atoms with Gasteiger partial charge in [0.1, 0.15) is 5.82 Å². The van der Waals surface area contributed by atoms with E-state index in [0.717, 1.165) is 17.5 Å². The van der Waals surface area contributed by atoms with Gasteiger partial charge in [-0.25, -0.2) is 4.98 Å². The maximum absolute atomic E-state index is 4.85. The molecule has 0 radical (unpaired) electrons. The molecule has 1 aliphatic heterocycles. The molecule has 2 aromatic rings. The van der Waals surface area contributed by atoms with Gasteiger partial charge in [0.25, 0.3) is 0 Å². The number of aromatic nitrogens is 2. The SMILES string of the molecule is Cn1c(C2CC3CCCCC3N2)nc2ccccc21. The molecule has 1 aliphatic carbocycles. The van der Waals surface area contributed by atoms with E-state index in [4.69, 9.17) is 4.98 Å². The normalized spacial score (nSPS) is 30.7. The van der Waals surface area contributed by atoms with E-state index in [2.05, 4.69) is 41.2 Å². The molecule has 1 N–H and O–H groups in total. The molecule has 100 valence electrons. The highest BCUT2D eigenvalue weighted by Crippen LogP contribution is 2.39. The van der Waals surface area contributed by atoms with Gasteiger partial charge >= 0.3 is 0 Å². The van der Waals surface area contributed by atoms with Crippen molar-refractivity contribution in [3.8, 4) is 0 Å². The fourth-order valence-electron chi connectivity index (χ4n) is 3.99. The van der Waals surface area contributed by atoms with Gasteiger partial charge in [-0.2, -0.15) is 0 Å². The molecule has 3 heteroatoms. The molecule has 1 saturated carbocycles. The van der Waals surface area contributed by atoms with Crippen LogP contribution in [0.2, 0.25) is 0 Å². The summed E-state index contributed by atoms with van der Waals surface area (Å²) in [7, 11) is 2.15. The van der Waals surface area contributed by atoms with Crippen molar-refractivity contribution in [3.63, 3.8) is 0 Å². The summed E-state index contributed by atoms with van der Waals surface area (Å²) in [4.78, 5) is 4.85. The van der Waals surface area contributed by atoms with Crippen LogP contribution in [0.4, 0.5) is 0 Å². The Labute approximate surface area is 114 Å². The van der Waals surface area contributed by atoms with Crippen LogP contribution < -0.4 is 5.32 Å². The largest absolute Gasteiger partial charge is 0.330 e. The van der Waals surface area contributed by atoms with E-state index in [1.807, 2.05) is 0 Å². The number of nitrogens with zero attached hydrogens (tertiary/aromatic N) is 2. The van der Waals surface area contributed by atoms with Crippen molar-refractivity contribution in [3.05, 3.63) is 30.1 Å². The first kappa shape index (κ1) is 11.5. The molecule has 2 fully saturated rings. The van der Waals surface area contributed by atoms with E-state index >= 15 is 0 Å². The Bertz CT molecular complexity index is 587. The zero-order valence-corrected chi connectivity index (χ0v) is 11.5. The van der Waals surface area contributed by atoms with Crippen LogP contribution in [0, 0.1) is 5.92 Å². The summed E-state index contributed by atoms with van der Waals surface area (Å²) >= 11 is 0. The summed E-state index contributed by atoms with van der Waals surface area (Å²) in [6.45, 7) is 0. The molecule has 0 amide bonds. The van der Waals surface area contributed by atoms with Gasteiger partial charge in [0, 0.05) is 13.1 Å². The van der Waals surface area contributed by atoms with Crippen LogP contribution in [0.1, 0.15) is 44.0 Å². The first-order valence-electron chi connectivity index (χ1n) is 7.50. The van der Waals surface area contributed by atoms with Crippen molar-refractivity contribution in [2.45, 2.75) is 44.2 Å². The van der Waals surface area contributed by atoms with E-state index in [1.54, 1.807) is 0 Å². The van der Waals surface area contributed by atoms with Crippen molar-refractivity contribution < 1.29 is 0 Å². The van der Waals surface area contributed by atoms with Crippen molar-refractivity contribution >= 4 is 11.0 Å². The number of para-hydroxylation sites is 2. The van der Waals surface area contributed by atoms with Crippen LogP contribution in [0.5, 0.6) is 0 Å². The summed E-state index contributed by atoms with van der Waals surface area (Å²) in [6, 6.07) is 9.62. The summed E-state index contributed by atoms with van der Waals surface area (Å²) in [5.41, 5.74) is 2.37. The van der Waals surface area contributed by atoms with Gasteiger partial charge in [0.05, 0.1) is 17.1 Å². The van der Waals surface area contributed by atoms with E-state index in [-0.39, 0.29) is 0 Å². The standard InChI is InChI=1S/C16H21N3/c1-19-15-9-5-4-8-13(15)18-16(19)14-10-11-6-2-3-7-12(11)17-14/h4-5,8-9,11-12,14,17H,2-3,6-7,10H2,1H3. The Morgan fingerprint density at radius 2 is 2.05 bits per heavy atom. The Balaban J connectivity index is 1.69. The number of benzene rings is 1. The Morgan fingerprint density at radius 1 is 1.21 bits per heavy atom. The first-order chi connectivity index (χ1) is 9.33. The molecule has 1 aromatic carbocycles. The van der Waals surface area contributed by atoms with Crippen LogP contribution in [-0.4, -0.2) is 15.6 Å². The maximum atomic E-state index is 4.85. The molecule has 1 aromatic heterocycles. The second kappa shape index (κ2) is 4.34. The smallest absolute Gasteiger partial charge is 0.126 e. The van der Waals surface area contributed by atoms with Crippen molar-refractivity contribution in [2.75, 3.05) is 0 Å². The van der Waals surface area contributed by atoms with Crippen LogP contribution in [0.15, 0.2) is 24.3 Å². The highest BCUT2D eigenvalue weighted by molar-refractivity contribution is 5.75. The highest BCUT2D eigenvalue weighted by atomic mass is 15.1. The van der Waals surface area contributed by atoms with Crippen LogP contribution in [0.3, 0.4) is 0 Å². The number of hydrogen-bond donors (Lipinski definition) is 1. The lowest BCUT2D eigenvalue weighted by molar-refractivity contribution is 0.325. The fraction of sp³-hybridized carbons (Fsp3) is 0.562. The highest BCUT2D eigenvalue weighted by Gasteiger charge is 2.37. The predicted octanol–water partition coefficient (Wildman–Crippen LogP) is 3.17. The van der Waals surface area contributed by atoms with Crippen molar-refractivity contribution in [1.82, 2.24) is 14.9 Å². The Kier molecular flexibility index (Phi) is 2.62. The molecule has 19 heavy (non-hydrogen) atoms. The third-order valence-electron chi connectivity index (χ3n) is 5.00. The predicted molar refractivity (Wildman–Crippen MR) is 77.0 cm³/mol. The number of hydrogen-bond acceptors (Lipinski definition) is 2. The summed E-state index contributed by atoms with van der Waals surface area (Å²) in [5, 5.41) is 3.83. The van der Waals surface area contributed by atoms with E-state index in [1.165, 1.54) is 43.4 Å². The fourth-order valence-corrected chi connectivity index (χ4v) is 3.99. The molecule has 3 unspecified atom stereocenters. The number of nitrogens with one attached hydrogen (secondary N) is 1. The number of imidazole rings is 1. The van der Waals surface area contributed by atoms with Gasteiger partial charge in [-0.15, -0.1) is 0 Å². The molecular formula is C16H21N3. The van der Waals surface area contributed by atoms with Gasteiger partial charge in [0.15, 0.2) is 0 Å². The van der Waals surface area contributed by atoms with Gasteiger partial charge in [-0.05, 0) is 37.3 Å². The van der Waals surface area contributed by atoms with Gasteiger partial charge in [-0.3, -0.25) is 0 Å². The zero-order valence-electron chi connectivity index (χ0n) is 11.5. The van der Waals surface area contributed by atoms with Crippen LogP contribution in [0.25, 0.3) is 11.0 Å². The minimum Gasteiger partial charge on any atom is -0.330 e. The average molecular weight is 255 g/mol. The van der Waals surface area contributed by atoms with E-state index < -0.39 is 0 Å². The third kappa shape index (κ3) is 1.79. The molecule has 1 saturated heterocycles. The van der Waals surface area contributed by atoms with Gasteiger partial charge in [0.2, 0.25) is 0 Å². The lowest BCUT2D eigenvalue weighted by Gasteiger charge is -2.24. The molecular weight excluding hydrogens is 234 g/mol. The summed E-state index contributed by atoms with van der Waals surface area (Å²) in [6.07, 6.45) is 6.83. The number of aryl methyl sites for hydroxylation is 1. The second-order valence-electron chi connectivity index (χ2n) is 6.12. The lowest BCUT2D eigenvalue weighted by Crippen LogP contribution is -2.31. The third-order valence-corrected chi connectivity index (χ3v) is 5.00. The second-order valence-corrected chi connectivity index (χ2v) is 6.12. The molecule has 3 atom stereocenters. The molecule has 3 nitrogen and oxygen atoms in total. The molecule has 4 rings (SSSR count). The summed E-state index contributed by atoms with van der Waals surface area (Å²) < 4.78 is 2.27. The quantitative estimate of drug-likeness (QED) is 0.848. The summed E-state index contributed by atoms with van der Waals surface area (Å²) in [5.74, 6) is 2.09. The van der Waals surface area contributed by atoms with Crippen molar-refractivity contribution in [1.29, 1.82) is 0 Å². The number of fused-ring (bicyclic) bond motifs is 2. The minimum atomic E-state index is 0.450. The Hall–Kier alpha value is -1.35. The van der Waals surface area contributed by atoms with Crippen molar-refractivity contribution in [2.24, 2.45) is 13.0 Å². The molecule has 2 heterocycles. The van der Waals surface area contributed by atoms with E-state index in [0.29, 0.717) is 6.04 Å². The van der Waals surface area contributed by atoms with Gasteiger partial charge in [-0.1, -0.05) is 25.0 Å². The minimum absolute atomic E-state index is 0.450. The van der Waals surface area contributed by atoms with Crippen LogP contribution >= 0.6 is 0 Å². The Morgan fingerprint density at radius 3 is 2.89 bits per heavy atom. The average Bonchev–Trinajstić information content (AvgIpc) is 3.00. The monoisotopic (exact) mass is 255 g/mol. The lowest BCUT2D eigenvalue weighted by atomic mass is 9.85. The molecule has 0 spiro atoms. The number of rotatable bonds is 1. The topological polar surface area (TPSA) is 29.9 Å². The van der Waals surface area contributed by atoms with Crippen LogP contribution in [-0.2, 0) is 7.05 Å². The first-order valence-corrected chi connectivity index (χ1v) is 7.50. The zero-order chi connectivity index (χ0) is 12.8. The maximum Gasteiger partial charge on any atom is 0.126 e. The molecule has 2 aliphatic rings. The van der Waals surface area contributed by atoms with Gasteiger partial charge < -0.3 is 9.88 Å².